The van der Waals surface area contributed by atoms with Gasteiger partial charge in [0.05, 0.1) is 11.1 Å². The highest BCUT2D eigenvalue weighted by atomic mass is 16.6. The average Bonchev–Trinajstić information content (AvgIpc) is 2.82. The van der Waals surface area contributed by atoms with Gasteiger partial charge in [-0.1, -0.05) is 89.2 Å². The van der Waals surface area contributed by atoms with E-state index < -0.39 is 24.0 Å². The van der Waals surface area contributed by atoms with E-state index in [2.05, 4.69) is 34.6 Å². The first-order chi connectivity index (χ1) is 16.5. The molecule has 1 atom stereocenters. The average molecular weight is 473 g/mol. The van der Waals surface area contributed by atoms with Crippen molar-refractivity contribution in [1.82, 2.24) is 0 Å². The van der Waals surface area contributed by atoms with Crippen molar-refractivity contribution in [1.29, 1.82) is 0 Å². The molecule has 0 bridgehead atoms. The van der Waals surface area contributed by atoms with E-state index in [0.29, 0.717) is 17.0 Å². The Morgan fingerprint density at radius 2 is 1.29 bits per heavy atom. The molecule has 0 aromatic heterocycles. The van der Waals surface area contributed by atoms with E-state index in [1.54, 1.807) is 54.6 Å². The standard InChI is InChI=1S/C30H32O5/c1-20(2)19-21-11-13-23(14-12-21)28(32)35-29(33)26(22-9-7-6-8-10-22)34-27(31)24-15-17-25(18-16-24)30(3,4)5/h6-18,20,26H,19H2,1-5H3. The second-order valence-electron chi connectivity index (χ2n) is 10.0. The van der Waals surface area contributed by atoms with Gasteiger partial charge in [0.15, 0.2) is 0 Å². The number of rotatable bonds is 7. The Kier molecular flexibility index (Phi) is 8.23. The molecule has 1 unspecified atom stereocenters. The van der Waals surface area contributed by atoms with Crippen LogP contribution in [0.3, 0.4) is 0 Å². The van der Waals surface area contributed by atoms with E-state index in [1.165, 1.54) is 0 Å². The van der Waals surface area contributed by atoms with Gasteiger partial charge < -0.3 is 9.47 Å². The molecule has 182 valence electrons. The SMILES string of the molecule is CC(C)Cc1ccc(C(=O)OC(=O)C(OC(=O)c2ccc(C(C)(C)C)cc2)c2ccccc2)cc1. The maximum atomic E-state index is 13.0. The zero-order valence-electron chi connectivity index (χ0n) is 20.9. The van der Waals surface area contributed by atoms with Crippen molar-refractivity contribution >= 4 is 17.9 Å². The molecule has 0 saturated heterocycles. The summed E-state index contributed by atoms with van der Waals surface area (Å²) in [7, 11) is 0. The van der Waals surface area contributed by atoms with Gasteiger partial charge in [0.2, 0.25) is 6.10 Å². The van der Waals surface area contributed by atoms with Crippen molar-refractivity contribution in [3.8, 4) is 0 Å². The number of benzene rings is 3. The summed E-state index contributed by atoms with van der Waals surface area (Å²) in [4.78, 5) is 38.5. The molecule has 5 nitrogen and oxygen atoms in total. The van der Waals surface area contributed by atoms with Crippen LogP contribution in [-0.4, -0.2) is 17.9 Å². The molecule has 0 heterocycles. The normalized spacial score (nSPS) is 12.2. The van der Waals surface area contributed by atoms with Crippen molar-refractivity contribution in [2.45, 2.75) is 52.6 Å². The minimum atomic E-state index is -1.38. The van der Waals surface area contributed by atoms with Crippen LogP contribution in [0.25, 0.3) is 0 Å². The minimum absolute atomic E-state index is 0.0633. The zero-order chi connectivity index (χ0) is 25.6. The summed E-state index contributed by atoms with van der Waals surface area (Å²) >= 11 is 0. The van der Waals surface area contributed by atoms with Crippen molar-refractivity contribution in [3.05, 3.63) is 107 Å². The van der Waals surface area contributed by atoms with Crippen LogP contribution in [0.4, 0.5) is 0 Å². The Morgan fingerprint density at radius 3 is 1.83 bits per heavy atom. The van der Waals surface area contributed by atoms with E-state index in [4.69, 9.17) is 9.47 Å². The lowest BCUT2D eigenvalue weighted by Gasteiger charge is -2.20. The minimum Gasteiger partial charge on any atom is -0.442 e. The molecule has 0 spiro atoms. The van der Waals surface area contributed by atoms with Gasteiger partial charge in [-0.3, -0.25) is 0 Å². The number of esters is 3. The number of hydrogen-bond donors (Lipinski definition) is 0. The number of carbonyl (C=O) groups is 3. The maximum absolute atomic E-state index is 13.0. The molecule has 0 saturated carbocycles. The third-order valence-corrected chi connectivity index (χ3v) is 5.55. The van der Waals surface area contributed by atoms with Crippen LogP contribution >= 0.6 is 0 Å². The van der Waals surface area contributed by atoms with Gasteiger partial charge >= 0.3 is 17.9 Å². The molecular formula is C30H32O5. The summed E-state index contributed by atoms with van der Waals surface area (Å²) in [6.07, 6.45) is -0.494. The summed E-state index contributed by atoms with van der Waals surface area (Å²) in [6.45, 7) is 10.5. The third kappa shape index (κ3) is 7.12. The Bertz CT molecular complexity index is 1150. The predicted molar refractivity (Wildman–Crippen MR) is 135 cm³/mol. The predicted octanol–water partition coefficient (Wildman–Crippen LogP) is 6.46. The molecule has 35 heavy (non-hydrogen) atoms. The van der Waals surface area contributed by atoms with E-state index in [1.807, 2.05) is 24.3 Å². The van der Waals surface area contributed by atoms with Gasteiger partial charge in [0.1, 0.15) is 0 Å². The van der Waals surface area contributed by atoms with Crippen LogP contribution in [0.15, 0.2) is 78.9 Å². The van der Waals surface area contributed by atoms with Gasteiger partial charge in [-0.15, -0.1) is 0 Å². The first-order valence-electron chi connectivity index (χ1n) is 11.8. The molecule has 3 rings (SSSR count). The molecular weight excluding hydrogens is 440 g/mol. The Balaban J connectivity index is 1.76. The van der Waals surface area contributed by atoms with E-state index in [0.717, 1.165) is 17.5 Å². The Hall–Kier alpha value is -3.73. The van der Waals surface area contributed by atoms with E-state index >= 15 is 0 Å². The third-order valence-electron chi connectivity index (χ3n) is 5.55. The lowest BCUT2D eigenvalue weighted by atomic mass is 9.87. The second kappa shape index (κ2) is 11.1. The smallest absolute Gasteiger partial charge is 0.360 e. The van der Waals surface area contributed by atoms with Crippen LogP contribution in [0.5, 0.6) is 0 Å². The fourth-order valence-electron chi connectivity index (χ4n) is 3.61. The Morgan fingerprint density at radius 1 is 0.743 bits per heavy atom. The van der Waals surface area contributed by atoms with Gasteiger partial charge in [0, 0.05) is 5.56 Å². The van der Waals surface area contributed by atoms with Gasteiger partial charge in [-0.2, -0.15) is 0 Å². The topological polar surface area (TPSA) is 69.7 Å². The monoisotopic (exact) mass is 472 g/mol. The largest absolute Gasteiger partial charge is 0.442 e. The lowest BCUT2D eigenvalue weighted by molar-refractivity contribution is -0.148. The highest BCUT2D eigenvalue weighted by molar-refractivity contribution is 5.99. The second-order valence-corrected chi connectivity index (χ2v) is 10.0. The van der Waals surface area contributed by atoms with Crippen molar-refractivity contribution < 1.29 is 23.9 Å². The molecule has 0 aliphatic rings. The highest BCUT2D eigenvalue weighted by Gasteiger charge is 2.29. The molecule has 0 fully saturated rings. The molecule has 0 aliphatic heterocycles. The number of ether oxygens (including phenoxy) is 2. The lowest BCUT2D eigenvalue weighted by Crippen LogP contribution is -2.24. The van der Waals surface area contributed by atoms with Crippen molar-refractivity contribution in [2.24, 2.45) is 5.92 Å². The van der Waals surface area contributed by atoms with Crippen molar-refractivity contribution in [2.75, 3.05) is 0 Å². The quantitative estimate of drug-likeness (QED) is 0.291. The van der Waals surface area contributed by atoms with Crippen LogP contribution in [0, 0.1) is 5.92 Å². The summed E-state index contributed by atoms with van der Waals surface area (Å²) in [5, 5.41) is 0. The molecule has 5 heteroatoms. The fourth-order valence-corrected chi connectivity index (χ4v) is 3.61. The maximum Gasteiger partial charge on any atom is 0.360 e. The van der Waals surface area contributed by atoms with Crippen LogP contribution in [-0.2, 0) is 26.1 Å². The molecule has 0 radical (unpaired) electrons. The summed E-state index contributed by atoms with van der Waals surface area (Å²) in [5.74, 6) is -1.94. The van der Waals surface area contributed by atoms with E-state index in [9.17, 15) is 14.4 Å². The Labute approximate surface area is 207 Å². The summed E-state index contributed by atoms with van der Waals surface area (Å²) in [5.41, 5.74) is 3.07. The summed E-state index contributed by atoms with van der Waals surface area (Å²) in [6, 6.07) is 22.5. The van der Waals surface area contributed by atoms with Gasteiger partial charge in [-0.05, 0) is 53.1 Å². The molecule has 3 aromatic rings. The summed E-state index contributed by atoms with van der Waals surface area (Å²) < 4.78 is 10.7. The number of carbonyl (C=O) groups excluding carboxylic acids is 3. The molecule has 3 aromatic carbocycles. The van der Waals surface area contributed by atoms with Crippen LogP contribution < -0.4 is 0 Å². The van der Waals surface area contributed by atoms with Crippen LogP contribution in [0.1, 0.15) is 78.1 Å². The van der Waals surface area contributed by atoms with E-state index in [-0.39, 0.29) is 11.0 Å². The first-order valence-corrected chi connectivity index (χ1v) is 11.8. The highest BCUT2D eigenvalue weighted by Crippen LogP contribution is 2.25. The first kappa shape index (κ1) is 25.9. The van der Waals surface area contributed by atoms with Gasteiger partial charge in [0.25, 0.3) is 0 Å². The fraction of sp³-hybridized carbons (Fsp3) is 0.300. The zero-order valence-corrected chi connectivity index (χ0v) is 20.9. The number of hydrogen-bond acceptors (Lipinski definition) is 5. The van der Waals surface area contributed by atoms with Gasteiger partial charge in [-0.25, -0.2) is 14.4 Å². The van der Waals surface area contributed by atoms with Crippen molar-refractivity contribution in [3.63, 3.8) is 0 Å². The molecule has 0 N–H and O–H groups in total. The molecule has 0 aliphatic carbocycles. The molecule has 0 amide bonds. The van der Waals surface area contributed by atoms with Crippen LogP contribution in [0.2, 0.25) is 0 Å².